The number of phenolic OH excluding ortho intramolecular Hbond substituents is 1. The Bertz CT molecular complexity index is 854. The Morgan fingerprint density at radius 3 is 2.57 bits per heavy atom. The number of nitrogens with zero attached hydrogens (tertiary/aromatic N) is 1. The molecule has 0 atom stereocenters. The standard InChI is InChI=1S/C23H31N3O3.HI/c1-16-4-7-19(22(12-16)29-15-17-5-6-17)14-26-23(24-2)25-11-10-18-8-9-20(28-3)13-21(18)27;/h4,7-9,12-13,17,27H,5-6,10-11,14-15H2,1-3H3,(H2,24,25,26);1H. The number of aliphatic imine (C=N–C) groups is 1. The summed E-state index contributed by atoms with van der Waals surface area (Å²) < 4.78 is 11.2. The molecular weight excluding hydrogens is 493 g/mol. The average Bonchev–Trinajstić information content (AvgIpc) is 3.55. The van der Waals surface area contributed by atoms with Gasteiger partial charge in [0.15, 0.2) is 5.96 Å². The molecule has 1 fully saturated rings. The van der Waals surface area contributed by atoms with Crippen LogP contribution in [0.3, 0.4) is 0 Å². The number of aryl methyl sites for hydroxylation is 1. The van der Waals surface area contributed by atoms with Crippen molar-refractivity contribution >= 4 is 29.9 Å². The van der Waals surface area contributed by atoms with Crippen molar-refractivity contribution in [3.8, 4) is 17.2 Å². The van der Waals surface area contributed by atoms with Gasteiger partial charge in [0.05, 0.1) is 13.7 Å². The lowest BCUT2D eigenvalue weighted by Gasteiger charge is -2.16. The predicted molar refractivity (Wildman–Crippen MR) is 131 cm³/mol. The molecule has 1 saturated carbocycles. The van der Waals surface area contributed by atoms with E-state index in [1.54, 1.807) is 20.2 Å². The molecular formula is C23H32IN3O3. The predicted octanol–water partition coefficient (Wildman–Crippen LogP) is 4.02. The maximum Gasteiger partial charge on any atom is 0.191 e. The number of rotatable bonds is 9. The van der Waals surface area contributed by atoms with Crippen molar-refractivity contribution in [3.05, 3.63) is 53.1 Å². The third kappa shape index (κ3) is 7.27. The maximum absolute atomic E-state index is 10.1. The Kier molecular flexibility index (Phi) is 9.55. The van der Waals surface area contributed by atoms with Crippen molar-refractivity contribution in [3.63, 3.8) is 0 Å². The highest BCUT2D eigenvalue weighted by Crippen LogP contribution is 2.30. The first-order valence-corrected chi connectivity index (χ1v) is 10.1. The Labute approximate surface area is 196 Å². The number of ether oxygens (including phenoxy) is 2. The Balaban J connectivity index is 0.00000320. The van der Waals surface area contributed by atoms with Gasteiger partial charge in [0.1, 0.15) is 17.2 Å². The highest BCUT2D eigenvalue weighted by molar-refractivity contribution is 14.0. The smallest absolute Gasteiger partial charge is 0.191 e. The molecule has 30 heavy (non-hydrogen) atoms. The van der Waals surface area contributed by atoms with Crippen molar-refractivity contribution < 1.29 is 14.6 Å². The molecule has 1 aliphatic rings. The van der Waals surface area contributed by atoms with Crippen LogP contribution in [0, 0.1) is 12.8 Å². The van der Waals surface area contributed by atoms with Gasteiger partial charge in [-0.1, -0.05) is 18.2 Å². The molecule has 0 bridgehead atoms. The highest BCUT2D eigenvalue weighted by atomic mass is 127. The number of halogens is 1. The van der Waals surface area contributed by atoms with E-state index in [4.69, 9.17) is 9.47 Å². The number of hydrogen-bond donors (Lipinski definition) is 3. The minimum atomic E-state index is 0. The van der Waals surface area contributed by atoms with E-state index in [2.05, 4.69) is 40.7 Å². The van der Waals surface area contributed by atoms with Crippen molar-refractivity contribution in [2.75, 3.05) is 27.3 Å². The van der Waals surface area contributed by atoms with Crippen LogP contribution in [0.2, 0.25) is 0 Å². The molecule has 2 aromatic rings. The van der Waals surface area contributed by atoms with Crippen LogP contribution < -0.4 is 20.1 Å². The fraction of sp³-hybridized carbons (Fsp3) is 0.435. The number of nitrogens with one attached hydrogen (secondary N) is 2. The summed E-state index contributed by atoms with van der Waals surface area (Å²) >= 11 is 0. The molecule has 0 saturated heterocycles. The lowest BCUT2D eigenvalue weighted by atomic mass is 10.1. The molecule has 0 amide bonds. The second kappa shape index (κ2) is 11.9. The summed E-state index contributed by atoms with van der Waals surface area (Å²) in [5, 5.41) is 16.7. The molecule has 2 aromatic carbocycles. The van der Waals surface area contributed by atoms with E-state index in [9.17, 15) is 5.11 Å². The summed E-state index contributed by atoms with van der Waals surface area (Å²) in [6, 6.07) is 11.7. The van der Waals surface area contributed by atoms with Crippen LogP contribution >= 0.6 is 24.0 Å². The van der Waals surface area contributed by atoms with E-state index >= 15 is 0 Å². The fourth-order valence-corrected chi connectivity index (χ4v) is 3.03. The highest BCUT2D eigenvalue weighted by Gasteiger charge is 2.22. The van der Waals surface area contributed by atoms with Gasteiger partial charge in [-0.3, -0.25) is 4.99 Å². The van der Waals surface area contributed by atoms with Gasteiger partial charge >= 0.3 is 0 Å². The van der Waals surface area contributed by atoms with Gasteiger partial charge in [-0.05, 0) is 55.4 Å². The zero-order valence-corrected chi connectivity index (χ0v) is 20.2. The number of aromatic hydroxyl groups is 1. The zero-order valence-electron chi connectivity index (χ0n) is 17.9. The van der Waals surface area contributed by atoms with Crippen molar-refractivity contribution in [1.29, 1.82) is 0 Å². The van der Waals surface area contributed by atoms with Gasteiger partial charge in [0.25, 0.3) is 0 Å². The summed E-state index contributed by atoms with van der Waals surface area (Å²) in [6.07, 6.45) is 3.23. The molecule has 0 radical (unpaired) electrons. The van der Waals surface area contributed by atoms with Crippen LogP contribution in [0.1, 0.15) is 29.5 Å². The van der Waals surface area contributed by atoms with Crippen LogP contribution in [0.25, 0.3) is 0 Å². The number of methoxy groups -OCH3 is 1. The molecule has 0 aliphatic heterocycles. The monoisotopic (exact) mass is 525 g/mol. The van der Waals surface area contributed by atoms with Crippen LogP contribution in [-0.4, -0.2) is 38.4 Å². The molecule has 164 valence electrons. The minimum absolute atomic E-state index is 0. The molecule has 0 spiro atoms. The normalized spacial score (nSPS) is 13.4. The van der Waals surface area contributed by atoms with Crippen LogP contribution in [0.15, 0.2) is 41.4 Å². The maximum atomic E-state index is 10.1. The number of hydrogen-bond acceptors (Lipinski definition) is 4. The van der Waals surface area contributed by atoms with E-state index in [0.717, 1.165) is 29.4 Å². The summed E-state index contributed by atoms with van der Waals surface area (Å²) in [7, 11) is 3.34. The van der Waals surface area contributed by atoms with Gasteiger partial charge in [0, 0.05) is 31.8 Å². The number of benzene rings is 2. The van der Waals surface area contributed by atoms with Crippen LogP contribution in [0.4, 0.5) is 0 Å². The van der Waals surface area contributed by atoms with E-state index in [1.807, 2.05) is 12.1 Å². The summed E-state index contributed by atoms with van der Waals surface area (Å²) in [6.45, 7) is 4.16. The molecule has 0 aromatic heterocycles. The van der Waals surface area contributed by atoms with Crippen molar-refractivity contribution in [2.24, 2.45) is 10.9 Å². The van der Waals surface area contributed by atoms with Crippen LogP contribution in [0.5, 0.6) is 17.2 Å². The Hall–Kier alpha value is -2.16. The first-order valence-electron chi connectivity index (χ1n) is 10.1. The molecule has 7 heteroatoms. The van der Waals surface area contributed by atoms with E-state index < -0.39 is 0 Å². The van der Waals surface area contributed by atoms with E-state index in [1.165, 1.54) is 18.4 Å². The first kappa shape index (κ1) is 24.1. The molecule has 0 heterocycles. The summed E-state index contributed by atoms with van der Waals surface area (Å²) in [4.78, 5) is 4.29. The molecule has 6 nitrogen and oxygen atoms in total. The fourth-order valence-electron chi connectivity index (χ4n) is 3.03. The molecule has 3 N–H and O–H groups in total. The molecule has 1 aliphatic carbocycles. The lowest BCUT2D eigenvalue weighted by molar-refractivity contribution is 0.296. The minimum Gasteiger partial charge on any atom is -0.508 e. The SMILES string of the molecule is CN=C(NCCc1ccc(OC)cc1O)NCc1ccc(C)cc1OCC1CC1.I. The third-order valence-corrected chi connectivity index (χ3v) is 5.04. The second-order valence-electron chi connectivity index (χ2n) is 7.46. The number of guanidine groups is 1. The van der Waals surface area contributed by atoms with E-state index in [0.29, 0.717) is 31.2 Å². The molecule has 0 unspecified atom stereocenters. The first-order chi connectivity index (χ1) is 14.1. The van der Waals surface area contributed by atoms with Gasteiger partial charge in [-0.15, -0.1) is 24.0 Å². The third-order valence-electron chi connectivity index (χ3n) is 5.04. The van der Waals surface area contributed by atoms with Crippen LogP contribution in [-0.2, 0) is 13.0 Å². The Morgan fingerprint density at radius 1 is 1.13 bits per heavy atom. The zero-order chi connectivity index (χ0) is 20.6. The summed E-state index contributed by atoms with van der Waals surface area (Å²) in [5.41, 5.74) is 3.18. The Morgan fingerprint density at radius 2 is 1.90 bits per heavy atom. The van der Waals surface area contributed by atoms with Crippen molar-refractivity contribution in [2.45, 2.75) is 32.7 Å². The lowest BCUT2D eigenvalue weighted by Crippen LogP contribution is -2.38. The van der Waals surface area contributed by atoms with E-state index in [-0.39, 0.29) is 29.7 Å². The van der Waals surface area contributed by atoms with Gasteiger partial charge < -0.3 is 25.2 Å². The quantitative estimate of drug-likeness (QED) is 0.262. The van der Waals surface area contributed by atoms with Gasteiger partial charge in [-0.2, -0.15) is 0 Å². The summed E-state index contributed by atoms with van der Waals surface area (Å²) in [5.74, 6) is 3.27. The molecule has 3 rings (SSSR count). The van der Waals surface area contributed by atoms with Gasteiger partial charge in [0.2, 0.25) is 0 Å². The largest absolute Gasteiger partial charge is 0.508 e. The average molecular weight is 525 g/mol. The number of phenols is 1. The van der Waals surface area contributed by atoms with Crippen molar-refractivity contribution in [1.82, 2.24) is 10.6 Å². The second-order valence-corrected chi connectivity index (χ2v) is 7.46. The van der Waals surface area contributed by atoms with Gasteiger partial charge in [-0.25, -0.2) is 0 Å². The topological polar surface area (TPSA) is 75.1 Å².